The molecule has 19 heavy (non-hydrogen) atoms. The smallest absolute Gasteiger partial charge is 0.0354 e. The second-order valence-electron chi connectivity index (χ2n) is 5.32. The molecule has 3 rings (SSSR count). The van der Waals surface area contributed by atoms with Gasteiger partial charge in [-0.2, -0.15) is 0 Å². The summed E-state index contributed by atoms with van der Waals surface area (Å²) < 4.78 is 0. The van der Waals surface area contributed by atoms with E-state index in [4.69, 9.17) is 0 Å². The van der Waals surface area contributed by atoms with Crippen LogP contribution in [0.2, 0.25) is 0 Å². The zero-order valence-corrected chi connectivity index (χ0v) is 12.2. The fourth-order valence-electron chi connectivity index (χ4n) is 3.23. The molecule has 1 heterocycles. The van der Waals surface area contributed by atoms with Gasteiger partial charge in [-0.1, -0.05) is 37.3 Å². The first-order chi connectivity index (χ1) is 9.38. The number of nitrogens with one attached hydrogen (secondary N) is 1. The molecule has 0 radical (unpaired) electrons. The van der Waals surface area contributed by atoms with Crippen molar-refractivity contribution >= 4 is 11.3 Å². The molecule has 1 nitrogen and oxygen atoms in total. The van der Waals surface area contributed by atoms with Crippen LogP contribution in [-0.2, 0) is 12.8 Å². The van der Waals surface area contributed by atoms with Crippen LogP contribution in [-0.4, -0.2) is 6.54 Å². The average molecular weight is 271 g/mol. The molecule has 2 heteroatoms. The maximum Gasteiger partial charge on any atom is 0.0354 e. The maximum absolute atomic E-state index is 3.71. The minimum atomic E-state index is 0.525. The summed E-state index contributed by atoms with van der Waals surface area (Å²) in [5.41, 5.74) is 3.06. The standard InChI is InChI=1S/C17H21NS/c1-2-18-17-14(12-15-7-5-11-19-15)10-9-13-6-3-4-8-16(13)17/h3-8,11,14,17-18H,2,9-10,12H2,1H3. The van der Waals surface area contributed by atoms with Crippen LogP contribution >= 0.6 is 11.3 Å². The Morgan fingerprint density at radius 3 is 2.89 bits per heavy atom. The summed E-state index contributed by atoms with van der Waals surface area (Å²) in [5, 5.41) is 5.90. The first kappa shape index (κ1) is 12.9. The number of hydrogen-bond acceptors (Lipinski definition) is 2. The molecule has 0 bridgehead atoms. The molecule has 1 aliphatic carbocycles. The highest BCUT2D eigenvalue weighted by Crippen LogP contribution is 2.36. The molecule has 2 aromatic rings. The van der Waals surface area contributed by atoms with Gasteiger partial charge in [0.15, 0.2) is 0 Å². The number of rotatable bonds is 4. The number of hydrogen-bond donors (Lipinski definition) is 1. The van der Waals surface area contributed by atoms with Gasteiger partial charge in [0.05, 0.1) is 0 Å². The van der Waals surface area contributed by atoms with Crippen LogP contribution in [0.25, 0.3) is 0 Å². The molecule has 0 amide bonds. The molecule has 1 aromatic heterocycles. The van der Waals surface area contributed by atoms with E-state index < -0.39 is 0 Å². The molecule has 0 saturated carbocycles. The van der Waals surface area contributed by atoms with E-state index in [1.54, 1.807) is 0 Å². The first-order valence-electron chi connectivity index (χ1n) is 7.22. The highest BCUT2D eigenvalue weighted by Gasteiger charge is 2.28. The fraction of sp³-hybridized carbons (Fsp3) is 0.412. The molecule has 2 unspecified atom stereocenters. The van der Waals surface area contributed by atoms with Gasteiger partial charge in [-0.05, 0) is 54.3 Å². The van der Waals surface area contributed by atoms with Crippen LogP contribution in [0.15, 0.2) is 41.8 Å². The second kappa shape index (κ2) is 5.89. The van der Waals surface area contributed by atoms with Gasteiger partial charge in [0, 0.05) is 10.9 Å². The van der Waals surface area contributed by atoms with E-state index in [1.807, 2.05) is 11.3 Å². The molecule has 100 valence electrons. The van der Waals surface area contributed by atoms with E-state index in [0.717, 1.165) is 12.5 Å². The Morgan fingerprint density at radius 2 is 2.11 bits per heavy atom. The number of aryl methyl sites for hydroxylation is 1. The molecule has 1 aliphatic rings. The number of fused-ring (bicyclic) bond motifs is 1. The lowest BCUT2D eigenvalue weighted by atomic mass is 9.78. The topological polar surface area (TPSA) is 12.0 Å². The van der Waals surface area contributed by atoms with Crippen molar-refractivity contribution in [1.82, 2.24) is 5.32 Å². The summed E-state index contributed by atoms with van der Waals surface area (Å²) in [7, 11) is 0. The Kier molecular flexibility index (Phi) is 4.00. The summed E-state index contributed by atoms with van der Waals surface area (Å²) in [6, 6.07) is 13.9. The minimum Gasteiger partial charge on any atom is -0.310 e. The fourth-order valence-corrected chi connectivity index (χ4v) is 4.03. The van der Waals surface area contributed by atoms with Crippen molar-refractivity contribution in [1.29, 1.82) is 0 Å². The maximum atomic E-state index is 3.71. The van der Waals surface area contributed by atoms with Gasteiger partial charge in [-0.15, -0.1) is 11.3 Å². The van der Waals surface area contributed by atoms with Crippen LogP contribution in [0, 0.1) is 5.92 Å². The largest absolute Gasteiger partial charge is 0.310 e. The molecule has 1 N–H and O–H groups in total. The number of thiophene rings is 1. The van der Waals surface area contributed by atoms with Crippen LogP contribution < -0.4 is 5.32 Å². The van der Waals surface area contributed by atoms with E-state index >= 15 is 0 Å². The predicted octanol–water partition coefficient (Wildman–Crippen LogP) is 4.20. The third kappa shape index (κ3) is 2.75. The van der Waals surface area contributed by atoms with Crippen molar-refractivity contribution < 1.29 is 0 Å². The zero-order valence-electron chi connectivity index (χ0n) is 11.4. The molecule has 2 atom stereocenters. The Balaban J connectivity index is 1.85. The zero-order chi connectivity index (χ0) is 13.1. The van der Waals surface area contributed by atoms with Crippen LogP contribution in [0.5, 0.6) is 0 Å². The Hall–Kier alpha value is -1.12. The summed E-state index contributed by atoms with van der Waals surface area (Å²) in [4.78, 5) is 1.52. The molecular formula is C17H21NS. The van der Waals surface area contributed by atoms with E-state index in [2.05, 4.69) is 54.0 Å². The van der Waals surface area contributed by atoms with Gasteiger partial charge in [0.25, 0.3) is 0 Å². The lowest BCUT2D eigenvalue weighted by Crippen LogP contribution is -2.33. The van der Waals surface area contributed by atoms with Crippen LogP contribution in [0.4, 0.5) is 0 Å². The van der Waals surface area contributed by atoms with Gasteiger partial charge in [0.2, 0.25) is 0 Å². The Bertz CT molecular complexity index is 518. The lowest BCUT2D eigenvalue weighted by Gasteiger charge is -2.34. The minimum absolute atomic E-state index is 0.525. The Morgan fingerprint density at radius 1 is 1.21 bits per heavy atom. The van der Waals surface area contributed by atoms with Crippen LogP contribution in [0.3, 0.4) is 0 Å². The van der Waals surface area contributed by atoms with Crippen molar-refractivity contribution in [2.75, 3.05) is 6.54 Å². The van der Waals surface area contributed by atoms with Gasteiger partial charge in [0.1, 0.15) is 0 Å². The van der Waals surface area contributed by atoms with E-state index in [-0.39, 0.29) is 0 Å². The van der Waals surface area contributed by atoms with E-state index in [0.29, 0.717) is 6.04 Å². The van der Waals surface area contributed by atoms with E-state index in [1.165, 1.54) is 35.3 Å². The first-order valence-corrected chi connectivity index (χ1v) is 8.10. The van der Waals surface area contributed by atoms with Gasteiger partial charge < -0.3 is 5.32 Å². The summed E-state index contributed by atoms with van der Waals surface area (Å²) >= 11 is 1.89. The van der Waals surface area contributed by atoms with Crippen molar-refractivity contribution in [2.45, 2.75) is 32.2 Å². The molecule has 0 spiro atoms. The summed E-state index contributed by atoms with van der Waals surface area (Å²) in [5.74, 6) is 0.730. The van der Waals surface area contributed by atoms with Crippen molar-refractivity contribution in [3.63, 3.8) is 0 Å². The van der Waals surface area contributed by atoms with Crippen molar-refractivity contribution in [2.24, 2.45) is 5.92 Å². The van der Waals surface area contributed by atoms with E-state index in [9.17, 15) is 0 Å². The van der Waals surface area contributed by atoms with Gasteiger partial charge in [-0.25, -0.2) is 0 Å². The molecular weight excluding hydrogens is 250 g/mol. The second-order valence-corrected chi connectivity index (χ2v) is 6.35. The highest BCUT2D eigenvalue weighted by atomic mass is 32.1. The Labute approximate surface area is 119 Å². The predicted molar refractivity (Wildman–Crippen MR) is 82.7 cm³/mol. The van der Waals surface area contributed by atoms with Gasteiger partial charge in [-0.3, -0.25) is 0 Å². The van der Waals surface area contributed by atoms with Crippen molar-refractivity contribution in [3.8, 4) is 0 Å². The summed E-state index contributed by atoms with van der Waals surface area (Å²) in [6.07, 6.45) is 3.74. The lowest BCUT2D eigenvalue weighted by molar-refractivity contribution is 0.325. The highest BCUT2D eigenvalue weighted by molar-refractivity contribution is 7.09. The summed E-state index contributed by atoms with van der Waals surface area (Å²) in [6.45, 7) is 3.25. The molecule has 1 aromatic carbocycles. The molecule has 0 aliphatic heterocycles. The average Bonchev–Trinajstić information content (AvgIpc) is 2.94. The molecule has 0 saturated heterocycles. The third-order valence-corrected chi connectivity index (χ3v) is 5.01. The monoisotopic (exact) mass is 271 g/mol. The van der Waals surface area contributed by atoms with Crippen molar-refractivity contribution in [3.05, 3.63) is 57.8 Å². The van der Waals surface area contributed by atoms with Gasteiger partial charge >= 0.3 is 0 Å². The molecule has 0 fully saturated rings. The number of benzene rings is 1. The normalized spacial score (nSPS) is 22.2. The third-order valence-electron chi connectivity index (χ3n) is 4.11. The quantitative estimate of drug-likeness (QED) is 0.878. The SMILES string of the molecule is CCNC1c2ccccc2CCC1Cc1cccs1. The van der Waals surface area contributed by atoms with Crippen LogP contribution in [0.1, 0.15) is 35.4 Å².